The second-order valence-electron chi connectivity index (χ2n) is 6.62. The summed E-state index contributed by atoms with van der Waals surface area (Å²) in [7, 11) is 0. The highest BCUT2D eigenvalue weighted by Gasteiger charge is 2.18. The predicted octanol–water partition coefficient (Wildman–Crippen LogP) is 5.22. The molecule has 2 aromatic carbocycles. The highest BCUT2D eigenvalue weighted by molar-refractivity contribution is 5.58. The monoisotopic (exact) mass is 307 g/mol. The van der Waals surface area contributed by atoms with Gasteiger partial charge in [0, 0.05) is 11.6 Å². The van der Waals surface area contributed by atoms with Gasteiger partial charge in [-0.1, -0.05) is 68.4 Å². The zero-order valence-electron chi connectivity index (χ0n) is 13.7. The molecule has 118 valence electrons. The average Bonchev–Trinajstić information content (AvgIpc) is 3.07. The first-order valence-corrected chi connectivity index (χ1v) is 7.76. The van der Waals surface area contributed by atoms with E-state index in [2.05, 4.69) is 50.2 Å². The third kappa shape index (κ3) is 3.62. The summed E-state index contributed by atoms with van der Waals surface area (Å²) in [6.07, 6.45) is 1.58. The number of benzene rings is 2. The van der Waals surface area contributed by atoms with Crippen molar-refractivity contribution in [3.8, 4) is 17.0 Å². The number of rotatable bonds is 4. The fourth-order valence-corrected chi connectivity index (χ4v) is 2.51. The summed E-state index contributed by atoms with van der Waals surface area (Å²) in [5, 5.41) is 3.94. The molecule has 0 saturated heterocycles. The zero-order chi connectivity index (χ0) is 16.3. The Morgan fingerprint density at radius 3 is 2.35 bits per heavy atom. The molecule has 1 aromatic heterocycles. The molecular formula is C20H21NO2. The SMILES string of the molecule is CC(C)(C)c1ccccc1OCc1ccc(-c2ccon2)cc1. The highest BCUT2D eigenvalue weighted by atomic mass is 16.5. The highest BCUT2D eigenvalue weighted by Crippen LogP contribution is 2.31. The Bertz CT molecular complexity index is 753. The van der Waals surface area contributed by atoms with Crippen molar-refractivity contribution in [2.75, 3.05) is 0 Å². The summed E-state index contributed by atoms with van der Waals surface area (Å²) >= 11 is 0. The second kappa shape index (κ2) is 6.29. The summed E-state index contributed by atoms with van der Waals surface area (Å²) in [6, 6.07) is 18.3. The van der Waals surface area contributed by atoms with E-state index in [0.29, 0.717) is 6.61 Å². The van der Waals surface area contributed by atoms with Gasteiger partial charge in [0.25, 0.3) is 0 Å². The molecule has 3 rings (SSSR count). The Labute approximate surface area is 136 Å². The molecule has 0 spiro atoms. The minimum absolute atomic E-state index is 0.0629. The van der Waals surface area contributed by atoms with Gasteiger partial charge in [0.05, 0.1) is 0 Å². The Hall–Kier alpha value is -2.55. The van der Waals surface area contributed by atoms with Gasteiger partial charge < -0.3 is 9.26 Å². The minimum Gasteiger partial charge on any atom is -0.489 e. The van der Waals surface area contributed by atoms with Gasteiger partial charge >= 0.3 is 0 Å². The van der Waals surface area contributed by atoms with Gasteiger partial charge in [0.1, 0.15) is 24.3 Å². The topological polar surface area (TPSA) is 35.3 Å². The molecule has 0 fully saturated rings. The van der Waals surface area contributed by atoms with Crippen LogP contribution in [0.15, 0.2) is 65.4 Å². The molecule has 3 nitrogen and oxygen atoms in total. The van der Waals surface area contributed by atoms with Gasteiger partial charge in [-0.05, 0) is 22.6 Å². The molecule has 0 aliphatic carbocycles. The van der Waals surface area contributed by atoms with Crippen LogP contribution in [0.2, 0.25) is 0 Å². The molecule has 23 heavy (non-hydrogen) atoms. The Morgan fingerprint density at radius 2 is 1.70 bits per heavy atom. The summed E-state index contributed by atoms with van der Waals surface area (Å²) in [6.45, 7) is 7.14. The van der Waals surface area contributed by atoms with Gasteiger partial charge in [0.15, 0.2) is 0 Å². The molecule has 1 heterocycles. The van der Waals surface area contributed by atoms with E-state index >= 15 is 0 Å². The largest absolute Gasteiger partial charge is 0.489 e. The molecule has 0 N–H and O–H groups in total. The van der Waals surface area contributed by atoms with Crippen molar-refractivity contribution in [3.05, 3.63) is 72.0 Å². The number of ether oxygens (including phenoxy) is 1. The molecule has 0 unspecified atom stereocenters. The van der Waals surface area contributed by atoms with E-state index in [0.717, 1.165) is 22.6 Å². The maximum atomic E-state index is 6.05. The smallest absolute Gasteiger partial charge is 0.124 e. The number of nitrogens with zero attached hydrogens (tertiary/aromatic N) is 1. The van der Waals surface area contributed by atoms with Crippen LogP contribution in [0.25, 0.3) is 11.3 Å². The fraction of sp³-hybridized carbons (Fsp3) is 0.250. The number of aromatic nitrogens is 1. The van der Waals surface area contributed by atoms with E-state index in [9.17, 15) is 0 Å². The van der Waals surface area contributed by atoms with Gasteiger partial charge in [-0.3, -0.25) is 0 Å². The maximum absolute atomic E-state index is 6.05. The van der Waals surface area contributed by atoms with E-state index in [4.69, 9.17) is 9.26 Å². The molecule has 0 aliphatic heterocycles. The quantitative estimate of drug-likeness (QED) is 0.663. The standard InChI is InChI=1S/C20H21NO2/c1-20(2,3)17-6-4-5-7-19(17)22-14-15-8-10-16(11-9-15)18-12-13-23-21-18/h4-13H,14H2,1-3H3. The first kappa shape index (κ1) is 15.3. The fourth-order valence-electron chi connectivity index (χ4n) is 2.51. The lowest BCUT2D eigenvalue weighted by molar-refractivity contribution is 0.297. The van der Waals surface area contributed by atoms with Crippen molar-refractivity contribution in [1.82, 2.24) is 5.16 Å². The van der Waals surface area contributed by atoms with E-state index in [1.165, 1.54) is 5.56 Å². The molecule has 0 aliphatic rings. The minimum atomic E-state index is 0.0629. The third-order valence-electron chi connectivity index (χ3n) is 3.78. The van der Waals surface area contributed by atoms with Crippen LogP contribution >= 0.6 is 0 Å². The van der Waals surface area contributed by atoms with Crippen LogP contribution in [-0.2, 0) is 12.0 Å². The van der Waals surface area contributed by atoms with Crippen LogP contribution in [0, 0.1) is 0 Å². The molecule has 0 atom stereocenters. The number of hydrogen-bond acceptors (Lipinski definition) is 3. The van der Waals surface area contributed by atoms with Crippen LogP contribution in [0.5, 0.6) is 5.75 Å². The van der Waals surface area contributed by atoms with Gasteiger partial charge in [-0.15, -0.1) is 0 Å². The Kier molecular flexibility index (Phi) is 4.20. The van der Waals surface area contributed by atoms with E-state index in [1.54, 1.807) is 6.26 Å². The molecule has 3 heteroatoms. The average molecular weight is 307 g/mol. The molecule has 0 radical (unpaired) electrons. The van der Waals surface area contributed by atoms with E-state index < -0.39 is 0 Å². The second-order valence-corrected chi connectivity index (χ2v) is 6.62. The van der Waals surface area contributed by atoms with Crippen molar-refractivity contribution >= 4 is 0 Å². The zero-order valence-corrected chi connectivity index (χ0v) is 13.7. The molecule has 3 aromatic rings. The molecule has 0 saturated carbocycles. The van der Waals surface area contributed by atoms with Crippen LogP contribution < -0.4 is 4.74 Å². The molecule has 0 bridgehead atoms. The van der Waals surface area contributed by atoms with Crippen molar-refractivity contribution in [2.45, 2.75) is 32.8 Å². The summed E-state index contributed by atoms with van der Waals surface area (Å²) in [5.41, 5.74) is 4.29. The summed E-state index contributed by atoms with van der Waals surface area (Å²) < 4.78 is 10.9. The Morgan fingerprint density at radius 1 is 0.957 bits per heavy atom. The van der Waals surface area contributed by atoms with Crippen LogP contribution in [0.1, 0.15) is 31.9 Å². The number of hydrogen-bond donors (Lipinski definition) is 0. The van der Waals surface area contributed by atoms with Crippen molar-refractivity contribution < 1.29 is 9.26 Å². The first-order valence-electron chi connectivity index (χ1n) is 7.76. The van der Waals surface area contributed by atoms with E-state index in [-0.39, 0.29) is 5.41 Å². The lowest BCUT2D eigenvalue weighted by atomic mass is 9.86. The van der Waals surface area contributed by atoms with Crippen LogP contribution in [-0.4, -0.2) is 5.16 Å². The molecular weight excluding hydrogens is 286 g/mol. The van der Waals surface area contributed by atoms with Gasteiger partial charge in [0.2, 0.25) is 0 Å². The number of para-hydroxylation sites is 1. The lowest BCUT2D eigenvalue weighted by Crippen LogP contribution is -2.13. The van der Waals surface area contributed by atoms with Crippen molar-refractivity contribution in [2.24, 2.45) is 0 Å². The predicted molar refractivity (Wildman–Crippen MR) is 91.4 cm³/mol. The van der Waals surface area contributed by atoms with E-state index in [1.807, 2.05) is 30.3 Å². The normalized spacial score (nSPS) is 11.4. The van der Waals surface area contributed by atoms with Gasteiger partial charge in [-0.2, -0.15) is 0 Å². The Balaban J connectivity index is 1.72. The van der Waals surface area contributed by atoms with Crippen molar-refractivity contribution in [1.29, 1.82) is 0 Å². The lowest BCUT2D eigenvalue weighted by Gasteiger charge is -2.22. The molecule has 0 amide bonds. The first-order chi connectivity index (χ1) is 11.0. The summed E-state index contributed by atoms with van der Waals surface area (Å²) in [5.74, 6) is 0.945. The maximum Gasteiger partial charge on any atom is 0.124 e. The van der Waals surface area contributed by atoms with Crippen molar-refractivity contribution in [3.63, 3.8) is 0 Å². The van der Waals surface area contributed by atoms with Crippen LogP contribution in [0.3, 0.4) is 0 Å². The summed E-state index contributed by atoms with van der Waals surface area (Å²) in [4.78, 5) is 0. The van der Waals surface area contributed by atoms with Crippen LogP contribution in [0.4, 0.5) is 0 Å². The third-order valence-corrected chi connectivity index (χ3v) is 3.78. The van der Waals surface area contributed by atoms with Gasteiger partial charge in [-0.25, -0.2) is 0 Å².